The van der Waals surface area contributed by atoms with Crippen molar-refractivity contribution in [1.82, 2.24) is 9.66 Å². The fourth-order valence-corrected chi connectivity index (χ4v) is 5.53. The first-order valence-corrected chi connectivity index (χ1v) is 13.2. The van der Waals surface area contributed by atoms with E-state index in [9.17, 15) is 9.59 Å². The van der Waals surface area contributed by atoms with Gasteiger partial charge in [-0.1, -0.05) is 22.9 Å². The fourth-order valence-electron chi connectivity index (χ4n) is 3.04. The summed E-state index contributed by atoms with van der Waals surface area (Å²) >= 11 is 7.72. The second kappa shape index (κ2) is 11.7. The summed E-state index contributed by atoms with van der Waals surface area (Å²) in [6.07, 6.45) is 2.91. The Morgan fingerprint density at radius 2 is 1.94 bits per heavy atom. The first kappa shape index (κ1) is 26.1. The molecule has 0 amide bonds. The van der Waals surface area contributed by atoms with Crippen molar-refractivity contribution in [1.29, 1.82) is 0 Å². The maximum Gasteiger partial charge on any atom is 0.344 e. The summed E-state index contributed by atoms with van der Waals surface area (Å²) in [4.78, 5) is 29.6. The number of hydrogen-bond donors (Lipinski definition) is 0. The summed E-state index contributed by atoms with van der Waals surface area (Å²) in [6, 6.07) is 9.22. The first-order valence-electron chi connectivity index (χ1n) is 10.3. The van der Waals surface area contributed by atoms with E-state index >= 15 is 0 Å². The van der Waals surface area contributed by atoms with E-state index in [1.54, 1.807) is 26.1 Å². The lowest BCUT2D eigenvalue weighted by atomic mass is 10.2. The maximum absolute atomic E-state index is 13.1. The molecule has 0 N–H and O–H groups in total. The number of nitrogens with zero attached hydrogens (tertiary/aromatic N) is 3. The van der Waals surface area contributed by atoms with Crippen LogP contribution in [0.2, 0.25) is 0 Å². The van der Waals surface area contributed by atoms with Gasteiger partial charge in [0.25, 0.3) is 5.56 Å². The number of ether oxygens (including phenoxy) is 2. The molecule has 0 saturated carbocycles. The number of esters is 1. The molecule has 1 heterocycles. The molecule has 0 fully saturated rings. The van der Waals surface area contributed by atoms with E-state index in [0.29, 0.717) is 28.9 Å². The van der Waals surface area contributed by atoms with Gasteiger partial charge in [-0.15, -0.1) is 0 Å². The van der Waals surface area contributed by atoms with Gasteiger partial charge in [0.15, 0.2) is 6.61 Å². The van der Waals surface area contributed by atoms with Crippen LogP contribution in [0.15, 0.2) is 44.7 Å². The molecular weight excluding hydrogens is 716 g/mol. The van der Waals surface area contributed by atoms with E-state index in [1.165, 1.54) is 4.68 Å². The third-order valence-corrected chi connectivity index (χ3v) is 6.49. The molecule has 0 saturated heterocycles. The third-order valence-electron chi connectivity index (χ3n) is 4.39. The Labute approximate surface area is 227 Å². The lowest BCUT2D eigenvalue weighted by Crippen LogP contribution is -2.22. The van der Waals surface area contributed by atoms with Crippen molar-refractivity contribution in [2.75, 3.05) is 6.61 Å². The molecular formula is C23H22BrI2N3O4. The van der Waals surface area contributed by atoms with Crippen LogP contribution in [0.25, 0.3) is 10.9 Å². The van der Waals surface area contributed by atoms with Gasteiger partial charge < -0.3 is 9.47 Å². The Morgan fingerprint density at radius 1 is 1.24 bits per heavy atom. The highest BCUT2D eigenvalue weighted by Crippen LogP contribution is 2.28. The number of aryl methyl sites for hydroxylation is 1. The standard InChI is InChI=1S/C23H22BrI2N3O4/c1-4-5-20-28-19-7-6-15(24)10-16(19)23(31)29(20)27-11-14-8-17(25)22(18(26)9-14)32-12-21(30)33-13(2)3/h6-11,13H,4-5,12H2,1-3H3. The molecule has 174 valence electrons. The van der Waals surface area contributed by atoms with Crippen LogP contribution in [0.4, 0.5) is 0 Å². The number of halogens is 3. The summed E-state index contributed by atoms with van der Waals surface area (Å²) in [6.45, 7) is 5.46. The number of rotatable bonds is 8. The second-order valence-electron chi connectivity index (χ2n) is 7.44. The molecule has 3 rings (SSSR count). The van der Waals surface area contributed by atoms with Crippen molar-refractivity contribution >= 4 is 84.2 Å². The average Bonchev–Trinajstić information content (AvgIpc) is 2.73. The Kier molecular flexibility index (Phi) is 9.27. The summed E-state index contributed by atoms with van der Waals surface area (Å²) in [5, 5.41) is 4.98. The molecule has 0 unspecified atom stereocenters. The lowest BCUT2D eigenvalue weighted by Gasteiger charge is -2.12. The Morgan fingerprint density at radius 3 is 2.58 bits per heavy atom. The van der Waals surface area contributed by atoms with E-state index in [0.717, 1.165) is 23.6 Å². The third kappa shape index (κ3) is 6.75. The van der Waals surface area contributed by atoms with E-state index in [2.05, 4.69) is 71.2 Å². The van der Waals surface area contributed by atoms with Crippen LogP contribution in [-0.2, 0) is 16.0 Å². The Hall–Kier alpha value is -1.54. The normalized spacial score (nSPS) is 11.5. The quantitative estimate of drug-likeness (QED) is 0.173. The predicted octanol–water partition coefficient (Wildman–Crippen LogP) is 5.53. The first-order chi connectivity index (χ1) is 15.7. The number of carbonyl (C=O) groups is 1. The van der Waals surface area contributed by atoms with Gasteiger partial charge >= 0.3 is 5.97 Å². The minimum Gasteiger partial charge on any atom is -0.480 e. The molecule has 0 radical (unpaired) electrons. The SMILES string of the molecule is CCCc1nc2ccc(Br)cc2c(=O)n1N=Cc1cc(I)c(OCC(=O)OC(C)C)c(I)c1. The number of fused-ring (bicyclic) bond motifs is 1. The minimum absolute atomic E-state index is 0.161. The molecule has 3 aromatic rings. The van der Waals surface area contributed by atoms with Crippen LogP contribution in [0.5, 0.6) is 5.75 Å². The molecule has 10 heteroatoms. The van der Waals surface area contributed by atoms with Crippen LogP contribution in [0.3, 0.4) is 0 Å². The highest BCUT2D eigenvalue weighted by atomic mass is 127. The molecule has 33 heavy (non-hydrogen) atoms. The highest BCUT2D eigenvalue weighted by Gasteiger charge is 2.13. The predicted molar refractivity (Wildman–Crippen MR) is 149 cm³/mol. The zero-order valence-corrected chi connectivity index (χ0v) is 24.2. The summed E-state index contributed by atoms with van der Waals surface area (Å²) in [5.74, 6) is 0.803. The molecule has 0 aliphatic rings. The van der Waals surface area contributed by atoms with Crippen molar-refractivity contribution in [3.8, 4) is 5.75 Å². The maximum atomic E-state index is 13.1. The van der Waals surface area contributed by atoms with Gasteiger partial charge in [-0.3, -0.25) is 4.79 Å². The molecule has 0 spiro atoms. The van der Waals surface area contributed by atoms with Crippen LogP contribution >= 0.6 is 61.1 Å². The number of benzene rings is 2. The zero-order chi connectivity index (χ0) is 24.1. The number of carbonyl (C=O) groups excluding carboxylic acids is 1. The van der Waals surface area contributed by atoms with Gasteiger partial charge in [0.05, 0.1) is 30.4 Å². The van der Waals surface area contributed by atoms with Crippen molar-refractivity contribution in [2.45, 2.75) is 39.7 Å². The van der Waals surface area contributed by atoms with Crippen molar-refractivity contribution < 1.29 is 14.3 Å². The molecule has 7 nitrogen and oxygen atoms in total. The number of aromatic nitrogens is 2. The average molecular weight is 738 g/mol. The largest absolute Gasteiger partial charge is 0.480 e. The smallest absolute Gasteiger partial charge is 0.344 e. The zero-order valence-electron chi connectivity index (χ0n) is 18.3. The topological polar surface area (TPSA) is 82.8 Å². The van der Waals surface area contributed by atoms with Gasteiger partial charge in [0, 0.05) is 10.9 Å². The molecule has 0 aliphatic heterocycles. The summed E-state index contributed by atoms with van der Waals surface area (Å²) < 4.78 is 14.6. The van der Waals surface area contributed by atoms with Gasteiger partial charge in [-0.05, 0) is 101 Å². The molecule has 0 bridgehead atoms. The van der Waals surface area contributed by atoms with Crippen molar-refractivity contribution in [3.63, 3.8) is 0 Å². The Balaban J connectivity index is 1.92. The van der Waals surface area contributed by atoms with Crippen LogP contribution < -0.4 is 10.3 Å². The fraction of sp³-hybridized carbons (Fsp3) is 0.304. The van der Waals surface area contributed by atoms with E-state index in [-0.39, 0.29) is 18.3 Å². The van der Waals surface area contributed by atoms with Gasteiger partial charge in [0.2, 0.25) is 0 Å². The lowest BCUT2D eigenvalue weighted by molar-refractivity contribution is -0.149. The van der Waals surface area contributed by atoms with Crippen molar-refractivity contribution in [3.05, 3.63) is 63.7 Å². The van der Waals surface area contributed by atoms with Gasteiger partial charge in [-0.25, -0.2) is 9.78 Å². The summed E-state index contributed by atoms with van der Waals surface area (Å²) in [7, 11) is 0. The van der Waals surface area contributed by atoms with E-state index < -0.39 is 5.97 Å². The molecule has 0 aliphatic carbocycles. The Bertz CT molecular complexity index is 1250. The van der Waals surface area contributed by atoms with Crippen LogP contribution in [-0.4, -0.2) is 34.6 Å². The van der Waals surface area contributed by atoms with Gasteiger partial charge in [-0.2, -0.15) is 9.78 Å². The second-order valence-corrected chi connectivity index (χ2v) is 10.7. The van der Waals surface area contributed by atoms with Crippen molar-refractivity contribution in [2.24, 2.45) is 5.10 Å². The monoisotopic (exact) mass is 737 g/mol. The minimum atomic E-state index is -0.416. The van der Waals surface area contributed by atoms with E-state index in [1.807, 2.05) is 31.2 Å². The van der Waals surface area contributed by atoms with E-state index in [4.69, 9.17) is 9.47 Å². The van der Waals surface area contributed by atoms with Crippen LogP contribution in [0, 0.1) is 7.14 Å². The molecule has 1 aromatic heterocycles. The van der Waals surface area contributed by atoms with Gasteiger partial charge in [0.1, 0.15) is 11.6 Å². The highest BCUT2D eigenvalue weighted by molar-refractivity contribution is 14.1. The van der Waals surface area contributed by atoms with Crippen LogP contribution in [0.1, 0.15) is 38.6 Å². The summed E-state index contributed by atoms with van der Waals surface area (Å²) in [5.41, 5.74) is 1.23. The number of hydrogen-bond acceptors (Lipinski definition) is 6. The molecule has 2 aromatic carbocycles. The molecule has 0 atom stereocenters.